The number of aromatic nitrogens is 2. The van der Waals surface area contributed by atoms with Gasteiger partial charge in [0, 0.05) is 18.7 Å². The topological polar surface area (TPSA) is 111 Å². The number of phenolic OH excluding ortho intramolecular Hbond substituents is 1. The lowest BCUT2D eigenvalue weighted by atomic mass is 9.99. The van der Waals surface area contributed by atoms with Crippen molar-refractivity contribution in [1.82, 2.24) is 10.2 Å². The Labute approximate surface area is 180 Å². The Morgan fingerprint density at radius 1 is 1.23 bits per heavy atom. The van der Waals surface area contributed by atoms with Gasteiger partial charge in [0.05, 0.1) is 30.7 Å². The van der Waals surface area contributed by atoms with Gasteiger partial charge in [0.25, 0.3) is 0 Å². The van der Waals surface area contributed by atoms with E-state index in [-0.39, 0.29) is 17.8 Å². The third-order valence-electron chi connectivity index (χ3n) is 5.43. The van der Waals surface area contributed by atoms with E-state index in [9.17, 15) is 9.90 Å². The first-order valence-electron chi connectivity index (χ1n) is 9.95. The highest BCUT2D eigenvalue weighted by atomic mass is 16.5. The van der Waals surface area contributed by atoms with Gasteiger partial charge in [-0.3, -0.25) is 0 Å². The number of benzene rings is 2. The molecule has 160 valence electrons. The van der Waals surface area contributed by atoms with E-state index in [4.69, 9.17) is 15.2 Å². The number of aromatic hydroxyl groups is 1. The summed E-state index contributed by atoms with van der Waals surface area (Å²) in [6.45, 7) is 3.67. The van der Waals surface area contributed by atoms with Gasteiger partial charge in [0.2, 0.25) is 0 Å². The molecule has 1 fully saturated rings. The smallest absolute Gasteiger partial charge is 0.337 e. The Balaban J connectivity index is 1.61. The summed E-state index contributed by atoms with van der Waals surface area (Å²) >= 11 is 0. The number of hydrogen-bond acceptors (Lipinski definition) is 8. The van der Waals surface area contributed by atoms with Crippen LogP contribution >= 0.6 is 0 Å². The molecule has 0 spiro atoms. The van der Waals surface area contributed by atoms with Crippen LogP contribution in [0, 0.1) is 6.92 Å². The Hall–Kier alpha value is -3.65. The third-order valence-corrected chi connectivity index (χ3v) is 5.43. The molecule has 0 saturated carbocycles. The fourth-order valence-corrected chi connectivity index (χ4v) is 3.80. The molecular formula is C23H24N4O4. The van der Waals surface area contributed by atoms with E-state index in [0.717, 1.165) is 16.8 Å². The largest absolute Gasteiger partial charge is 0.507 e. The van der Waals surface area contributed by atoms with Crippen molar-refractivity contribution in [2.24, 2.45) is 0 Å². The molecule has 8 nitrogen and oxygen atoms in total. The zero-order valence-corrected chi connectivity index (χ0v) is 17.4. The van der Waals surface area contributed by atoms with Crippen LogP contribution in [0.3, 0.4) is 0 Å². The van der Waals surface area contributed by atoms with Crippen LogP contribution in [0.25, 0.3) is 11.3 Å². The lowest BCUT2D eigenvalue weighted by Gasteiger charge is -2.35. The van der Waals surface area contributed by atoms with Gasteiger partial charge in [-0.25, -0.2) is 4.79 Å². The number of nitrogen functional groups attached to an aromatic ring is 1. The maximum atomic E-state index is 11.8. The maximum absolute atomic E-state index is 11.8. The highest BCUT2D eigenvalue weighted by Crippen LogP contribution is 2.34. The van der Waals surface area contributed by atoms with Crippen LogP contribution in [0.15, 0.2) is 48.5 Å². The summed E-state index contributed by atoms with van der Waals surface area (Å²) in [5, 5.41) is 18.4. The van der Waals surface area contributed by atoms with E-state index in [0.29, 0.717) is 42.3 Å². The number of aryl methyl sites for hydroxylation is 1. The predicted octanol–water partition coefficient (Wildman–Crippen LogP) is 3.10. The number of nitrogens with zero attached hydrogens (tertiary/aromatic N) is 3. The van der Waals surface area contributed by atoms with Crippen molar-refractivity contribution in [3.05, 3.63) is 65.2 Å². The average Bonchev–Trinajstić information content (AvgIpc) is 2.79. The summed E-state index contributed by atoms with van der Waals surface area (Å²) in [4.78, 5) is 13.9. The van der Waals surface area contributed by atoms with Crippen LogP contribution < -0.4 is 10.6 Å². The second-order valence-electron chi connectivity index (χ2n) is 7.39. The lowest BCUT2D eigenvalue weighted by Crippen LogP contribution is -2.39. The molecular weight excluding hydrogens is 396 g/mol. The highest BCUT2D eigenvalue weighted by Gasteiger charge is 2.26. The molecule has 2 heterocycles. The van der Waals surface area contributed by atoms with Gasteiger partial charge < -0.3 is 25.2 Å². The van der Waals surface area contributed by atoms with E-state index in [1.807, 2.05) is 31.2 Å². The van der Waals surface area contributed by atoms with Crippen LogP contribution in [-0.4, -0.2) is 48.1 Å². The Kier molecular flexibility index (Phi) is 5.73. The summed E-state index contributed by atoms with van der Waals surface area (Å²) in [6, 6.07) is 14.3. The van der Waals surface area contributed by atoms with E-state index in [1.54, 1.807) is 24.3 Å². The second kappa shape index (κ2) is 8.61. The van der Waals surface area contributed by atoms with Crippen LogP contribution in [0.2, 0.25) is 0 Å². The summed E-state index contributed by atoms with van der Waals surface area (Å²) in [7, 11) is 1.37. The zero-order chi connectivity index (χ0) is 22.0. The quantitative estimate of drug-likeness (QED) is 0.620. The minimum atomic E-state index is -0.367. The first kappa shape index (κ1) is 20.6. The average molecular weight is 420 g/mol. The van der Waals surface area contributed by atoms with E-state index in [2.05, 4.69) is 15.1 Å². The van der Waals surface area contributed by atoms with Gasteiger partial charge >= 0.3 is 5.97 Å². The highest BCUT2D eigenvalue weighted by molar-refractivity contribution is 5.89. The van der Waals surface area contributed by atoms with Crippen LogP contribution in [0.5, 0.6) is 5.75 Å². The van der Waals surface area contributed by atoms with Crippen molar-refractivity contribution in [3.8, 4) is 17.0 Å². The summed E-state index contributed by atoms with van der Waals surface area (Å²) in [6.07, 6.45) is -0.193. The summed E-state index contributed by atoms with van der Waals surface area (Å²) in [5.41, 5.74) is 10.5. The number of esters is 1. The fraction of sp³-hybridized carbons (Fsp3) is 0.261. The molecule has 4 rings (SSSR count). The molecule has 0 radical (unpaired) electrons. The fourth-order valence-electron chi connectivity index (χ4n) is 3.80. The molecule has 2 aromatic carbocycles. The number of rotatable bonds is 4. The number of hydrogen-bond donors (Lipinski definition) is 2. The molecule has 8 heteroatoms. The number of ether oxygens (including phenoxy) is 2. The van der Waals surface area contributed by atoms with Crippen molar-refractivity contribution >= 4 is 17.5 Å². The van der Waals surface area contributed by atoms with Crippen LogP contribution in [0.1, 0.15) is 27.6 Å². The maximum Gasteiger partial charge on any atom is 0.337 e. The summed E-state index contributed by atoms with van der Waals surface area (Å²) in [5.74, 6) is 0.0828. The second-order valence-corrected chi connectivity index (χ2v) is 7.39. The number of anilines is 2. The van der Waals surface area contributed by atoms with E-state index >= 15 is 0 Å². The van der Waals surface area contributed by atoms with Crippen molar-refractivity contribution < 1.29 is 19.4 Å². The molecule has 1 aliphatic rings. The lowest BCUT2D eigenvalue weighted by molar-refractivity contribution is 0.0393. The molecule has 0 bridgehead atoms. The first-order valence-corrected chi connectivity index (χ1v) is 9.95. The molecule has 0 aliphatic carbocycles. The molecule has 1 saturated heterocycles. The van der Waals surface area contributed by atoms with Gasteiger partial charge in [-0.2, -0.15) is 0 Å². The minimum Gasteiger partial charge on any atom is -0.507 e. The Bertz CT molecular complexity index is 1120. The number of morpholine rings is 1. The number of para-hydroxylation sites is 1. The van der Waals surface area contributed by atoms with Gasteiger partial charge in [0.1, 0.15) is 11.9 Å². The third kappa shape index (κ3) is 4.15. The normalized spacial score (nSPS) is 16.2. The van der Waals surface area contributed by atoms with Gasteiger partial charge in [-0.05, 0) is 48.4 Å². The van der Waals surface area contributed by atoms with Gasteiger partial charge in [-0.1, -0.05) is 18.2 Å². The number of carbonyl (C=O) groups excluding carboxylic acids is 1. The molecule has 3 aromatic rings. The first-order chi connectivity index (χ1) is 15.0. The van der Waals surface area contributed by atoms with Crippen LogP contribution in [-0.2, 0) is 9.47 Å². The van der Waals surface area contributed by atoms with Crippen molar-refractivity contribution in [1.29, 1.82) is 0 Å². The Morgan fingerprint density at radius 3 is 2.77 bits per heavy atom. The minimum absolute atomic E-state index is 0.133. The predicted molar refractivity (Wildman–Crippen MR) is 117 cm³/mol. The molecule has 3 N–H and O–H groups in total. The molecule has 0 amide bonds. The SMILES string of the molecule is COC(=O)c1ccc([C@@H]2CN(c3cc(-c4ccccc4O)nnc3N)CCO2)c(C)c1. The Morgan fingerprint density at radius 2 is 2.03 bits per heavy atom. The summed E-state index contributed by atoms with van der Waals surface area (Å²) < 4.78 is 10.8. The number of phenols is 1. The van der Waals surface area contributed by atoms with Gasteiger partial charge in [-0.15, -0.1) is 10.2 Å². The van der Waals surface area contributed by atoms with Crippen LogP contribution in [0.4, 0.5) is 11.5 Å². The molecule has 1 aromatic heterocycles. The monoisotopic (exact) mass is 420 g/mol. The standard InChI is InChI=1S/C23H24N4O4/c1-14-11-15(23(29)30-2)7-8-16(14)21-13-27(9-10-31-21)19-12-18(25-26-22(19)24)17-5-3-4-6-20(17)28/h3-8,11-12,21,28H,9-10,13H2,1-2H3,(H2,24,26)/t21-/m0/s1. The van der Waals surface area contributed by atoms with Gasteiger partial charge in [0.15, 0.2) is 5.82 Å². The molecule has 1 atom stereocenters. The number of methoxy groups -OCH3 is 1. The van der Waals surface area contributed by atoms with E-state index in [1.165, 1.54) is 7.11 Å². The van der Waals surface area contributed by atoms with Crippen molar-refractivity contribution in [2.45, 2.75) is 13.0 Å². The van der Waals surface area contributed by atoms with Crippen molar-refractivity contribution in [3.63, 3.8) is 0 Å². The molecule has 1 aliphatic heterocycles. The van der Waals surface area contributed by atoms with Crippen molar-refractivity contribution in [2.75, 3.05) is 37.4 Å². The molecule has 0 unspecified atom stereocenters. The molecule has 31 heavy (non-hydrogen) atoms. The number of nitrogens with two attached hydrogens (primary N) is 1. The number of carbonyl (C=O) groups is 1. The van der Waals surface area contributed by atoms with E-state index < -0.39 is 0 Å². The zero-order valence-electron chi connectivity index (χ0n) is 17.4.